The highest BCUT2D eigenvalue weighted by Gasteiger charge is 2.30. The maximum atomic E-state index is 13.0. The molecule has 8 heteroatoms. The van der Waals surface area contributed by atoms with Gasteiger partial charge in [0.15, 0.2) is 16.8 Å². The summed E-state index contributed by atoms with van der Waals surface area (Å²) >= 11 is 1.47. The molecule has 0 amide bonds. The van der Waals surface area contributed by atoms with Gasteiger partial charge in [-0.05, 0) is 51.3 Å². The third-order valence-corrected chi connectivity index (χ3v) is 6.38. The van der Waals surface area contributed by atoms with Crippen LogP contribution in [-0.2, 0) is 11.3 Å². The van der Waals surface area contributed by atoms with Crippen LogP contribution in [0.5, 0.6) is 0 Å². The van der Waals surface area contributed by atoms with Crippen molar-refractivity contribution < 1.29 is 9.53 Å². The first kappa shape index (κ1) is 20.8. The molecule has 1 aliphatic rings. The van der Waals surface area contributed by atoms with Crippen LogP contribution < -0.4 is 0 Å². The van der Waals surface area contributed by atoms with E-state index in [4.69, 9.17) is 4.74 Å². The highest BCUT2D eigenvalue weighted by atomic mass is 32.2. The van der Waals surface area contributed by atoms with Crippen molar-refractivity contribution in [1.29, 1.82) is 0 Å². The number of aromatic nitrogens is 5. The summed E-state index contributed by atoms with van der Waals surface area (Å²) in [5, 5.41) is 9.60. The number of rotatable bonds is 10. The Hall–Kier alpha value is -2.45. The first-order valence-electron chi connectivity index (χ1n) is 10.3. The predicted octanol–water partition coefficient (Wildman–Crippen LogP) is 4.10. The minimum atomic E-state index is 0.124. The van der Waals surface area contributed by atoms with Crippen LogP contribution in [0.15, 0.2) is 35.7 Å². The van der Waals surface area contributed by atoms with Crippen LogP contribution in [0.2, 0.25) is 0 Å². The lowest BCUT2D eigenvalue weighted by Gasteiger charge is -2.10. The van der Waals surface area contributed by atoms with Crippen LogP contribution in [-0.4, -0.2) is 49.6 Å². The summed E-state index contributed by atoms with van der Waals surface area (Å²) in [6, 6.07) is 6.31. The second kappa shape index (κ2) is 9.14. The molecule has 0 aliphatic heterocycles. The molecular weight excluding hydrogens is 398 g/mol. The molecule has 0 saturated heterocycles. The Morgan fingerprint density at radius 3 is 2.83 bits per heavy atom. The second-order valence-corrected chi connectivity index (χ2v) is 8.59. The van der Waals surface area contributed by atoms with Crippen molar-refractivity contribution in [2.24, 2.45) is 0 Å². The van der Waals surface area contributed by atoms with Crippen LogP contribution >= 0.6 is 11.8 Å². The molecule has 0 unspecified atom stereocenters. The Balaban J connectivity index is 1.49. The molecule has 0 radical (unpaired) electrons. The quantitative estimate of drug-likeness (QED) is 0.276. The van der Waals surface area contributed by atoms with Crippen molar-refractivity contribution >= 4 is 17.5 Å². The number of carbonyl (C=O) groups is 1. The van der Waals surface area contributed by atoms with Gasteiger partial charge in [-0.1, -0.05) is 11.8 Å². The number of ketones is 1. The number of Topliss-reactive ketones (excluding diaryl/α,β-unsaturated/α-hetero) is 1. The van der Waals surface area contributed by atoms with Gasteiger partial charge in [-0.2, -0.15) is 0 Å². The number of carbonyl (C=O) groups excluding carboxylic acids is 1. The molecule has 0 spiro atoms. The van der Waals surface area contributed by atoms with Crippen molar-refractivity contribution in [3.63, 3.8) is 0 Å². The number of aryl methyl sites for hydroxylation is 1. The molecule has 1 saturated carbocycles. The zero-order valence-electron chi connectivity index (χ0n) is 17.7. The SMILES string of the molecule is COCCCn1c(C)cc(C(=O)CSc2nnc(-c3cccnc3)n2C2CC2)c1C. The summed E-state index contributed by atoms with van der Waals surface area (Å²) in [7, 11) is 1.71. The molecule has 4 rings (SSSR count). The average molecular weight is 426 g/mol. The van der Waals surface area contributed by atoms with Gasteiger partial charge in [-0.15, -0.1) is 10.2 Å². The monoisotopic (exact) mass is 425 g/mol. The van der Waals surface area contributed by atoms with Gasteiger partial charge in [0, 0.05) is 61.2 Å². The van der Waals surface area contributed by atoms with E-state index < -0.39 is 0 Å². The lowest BCUT2D eigenvalue weighted by atomic mass is 10.2. The van der Waals surface area contributed by atoms with E-state index in [1.165, 1.54) is 11.8 Å². The van der Waals surface area contributed by atoms with E-state index >= 15 is 0 Å². The van der Waals surface area contributed by atoms with Gasteiger partial charge in [-0.25, -0.2) is 0 Å². The van der Waals surface area contributed by atoms with Crippen LogP contribution in [0.1, 0.15) is 47.1 Å². The fourth-order valence-corrected chi connectivity index (χ4v) is 4.62. The molecule has 3 aromatic heterocycles. The molecular formula is C22H27N5O2S. The molecule has 3 aromatic rings. The Labute approximate surface area is 180 Å². The average Bonchev–Trinajstić information content (AvgIpc) is 3.45. The fraction of sp³-hybridized carbons (Fsp3) is 0.455. The van der Waals surface area contributed by atoms with Gasteiger partial charge >= 0.3 is 0 Å². The van der Waals surface area contributed by atoms with Crippen LogP contribution in [0.4, 0.5) is 0 Å². The largest absolute Gasteiger partial charge is 0.385 e. The van der Waals surface area contributed by atoms with E-state index in [9.17, 15) is 4.79 Å². The lowest BCUT2D eigenvalue weighted by Crippen LogP contribution is -2.09. The summed E-state index contributed by atoms with van der Waals surface area (Å²) < 4.78 is 9.52. The zero-order chi connectivity index (χ0) is 21.1. The van der Waals surface area contributed by atoms with Crippen molar-refractivity contribution in [2.75, 3.05) is 19.5 Å². The summed E-state index contributed by atoms with van der Waals surface area (Å²) in [4.78, 5) is 17.2. The first-order chi connectivity index (χ1) is 14.6. The van der Waals surface area contributed by atoms with Gasteiger partial charge in [-0.3, -0.25) is 14.3 Å². The highest BCUT2D eigenvalue weighted by Crippen LogP contribution is 2.41. The number of nitrogens with zero attached hydrogens (tertiary/aromatic N) is 5. The molecule has 3 heterocycles. The first-order valence-corrected chi connectivity index (χ1v) is 11.3. The van der Waals surface area contributed by atoms with Crippen molar-refractivity contribution in [3.05, 3.63) is 47.5 Å². The Morgan fingerprint density at radius 1 is 1.30 bits per heavy atom. The van der Waals surface area contributed by atoms with Crippen LogP contribution in [0.3, 0.4) is 0 Å². The summed E-state index contributed by atoms with van der Waals surface area (Å²) in [5.74, 6) is 1.30. The maximum absolute atomic E-state index is 13.0. The van der Waals surface area contributed by atoms with E-state index in [-0.39, 0.29) is 5.78 Å². The van der Waals surface area contributed by atoms with Gasteiger partial charge in [0.1, 0.15) is 0 Å². The molecule has 0 N–H and O–H groups in total. The molecule has 1 aliphatic carbocycles. The highest BCUT2D eigenvalue weighted by molar-refractivity contribution is 7.99. The van der Waals surface area contributed by atoms with E-state index in [1.54, 1.807) is 19.5 Å². The standard InChI is InChI=1S/C22H27N5O2S/c1-15-12-19(16(2)26(15)10-5-11-29-3)20(28)14-30-22-25-24-21(27(22)18-7-8-18)17-6-4-9-23-13-17/h4,6,9,12-13,18H,5,7-8,10-11,14H2,1-3H3. The Morgan fingerprint density at radius 2 is 2.13 bits per heavy atom. The van der Waals surface area contributed by atoms with E-state index in [1.807, 2.05) is 32.0 Å². The van der Waals surface area contributed by atoms with E-state index in [0.29, 0.717) is 18.4 Å². The smallest absolute Gasteiger partial charge is 0.192 e. The third kappa shape index (κ3) is 4.34. The number of thioether (sulfide) groups is 1. The van der Waals surface area contributed by atoms with Crippen molar-refractivity contribution in [2.45, 2.75) is 50.9 Å². The second-order valence-electron chi connectivity index (χ2n) is 7.64. The van der Waals surface area contributed by atoms with Crippen LogP contribution in [0, 0.1) is 13.8 Å². The van der Waals surface area contributed by atoms with Crippen LogP contribution in [0.25, 0.3) is 11.4 Å². The summed E-state index contributed by atoms with van der Waals surface area (Å²) in [5.41, 5.74) is 3.88. The summed E-state index contributed by atoms with van der Waals surface area (Å²) in [6.45, 7) is 5.64. The molecule has 0 aromatic carbocycles. The molecule has 0 bridgehead atoms. The molecule has 158 valence electrons. The molecule has 30 heavy (non-hydrogen) atoms. The summed E-state index contributed by atoms with van der Waals surface area (Å²) in [6.07, 6.45) is 6.73. The zero-order valence-corrected chi connectivity index (χ0v) is 18.5. The Bertz CT molecular complexity index is 1020. The topological polar surface area (TPSA) is 74.8 Å². The van der Waals surface area contributed by atoms with Gasteiger partial charge < -0.3 is 9.30 Å². The maximum Gasteiger partial charge on any atom is 0.192 e. The van der Waals surface area contributed by atoms with Crippen molar-refractivity contribution in [3.8, 4) is 11.4 Å². The molecule has 1 fully saturated rings. The minimum absolute atomic E-state index is 0.124. The number of hydrogen-bond acceptors (Lipinski definition) is 6. The number of hydrogen-bond donors (Lipinski definition) is 0. The lowest BCUT2D eigenvalue weighted by molar-refractivity contribution is 0.102. The number of methoxy groups -OCH3 is 1. The molecule has 0 atom stereocenters. The van der Waals surface area contributed by atoms with E-state index in [0.717, 1.165) is 59.3 Å². The number of pyridine rings is 1. The minimum Gasteiger partial charge on any atom is -0.385 e. The normalized spacial score (nSPS) is 13.7. The predicted molar refractivity (Wildman–Crippen MR) is 117 cm³/mol. The number of ether oxygens (including phenoxy) is 1. The van der Waals surface area contributed by atoms with Gasteiger partial charge in [0.25, 0.3) is 0 Å². The fourth-order valence-electron chi connectivity index (χ4n) is 3.73. The van der Waals surface area contributed by atoms with Gasteiger partial charge in [0.2, 0.25) is 0 Å². The van der Waals surface area contributed by atoms with Gasteiger partial charge in [0.05, 0.1) is 5.75 Å². The van der Waals surface area contributed by atoms with E-state index in [2.05, 4.69) is 24.3 Å². The molecule has 7 nitrogen and oxygen atoms in total. The third-order valence-electron chi connectivity index (χ3n) is 5.43. The van der Waals surface area contributed by atoms with Crippen molar-refractivity contribution in [1.82, 2.24) is 24.3 Å². The Kier molecular flexibility index (Phi) is 6.34.